The highest BCUT2D eigenvalue weighted by molar-refractivity contribution is 6.32. The minimum Gasteiger partial charge on any atom is -0.453 e. The van der Waals surface area contributed by atoms with E-state index in [4.69, 9.17) is 26.8 Å². The third-order valence-corrected chi connectivity index (χ3v) is 3.30. The van der Waals surface area contributed by atoms with Crippen LogP contribution >= 0.6 is 11.6 Å². The Morgan fingerprint density at radius 1 is 1.44 bits per heavy atom. The second-order valence-corrected chi connectivity index (χ2v) is 4.52. The Labute approximate surface area is 100 Å². The van der Waals surface area contributed by atoms with Crippen molar-refractivity contribution in [2.24, 2.45) is 5.73 Å². The minimum absolute atomic E-state index is 0.255. The van der Waals surface area contributed by atoms with Crippen molar-refractivity contribution in [2.75, 3.05) is 13.3 Å². The van der Waals surface area contributed by atoms with Gasteiger partial charge in [0.1, 0.15) is 0 Å². The average Bonchev–Trinajstić information content (AvgIpc) is 2.73. The molecule has 0 radical (unpaired) electrons. The van der Waals surface area contributed by atoms with Crippen LogP contribution in [0.25, 0.3) is 0 Å². The van der Waals surface area contributed by atoms with Crippen molar-refractivity contribution in [3.8, 4) is 11.5 Å². The third-order valence-electron chi connectivity index (χ3n) is 3.02. The lowest BCUT2D eigenvalue weighted by molar-refractivity contribution is 0.173. The number of halogens is 1. The zero-order chi connectivity index (χ0) is 11.7. The Bertz CT molecular complexity index is 406. The lowest BCUT2D eigenvalue weighted by Crippen LogP contribution is -2.06. The highest BCUT2D eigenvalue weighted by Gasteiger charge is 2.23. The number of hydrogen-bond acceptors (Lipinski definition) is 3. The molecule has 0 amide bonds. The maximum atomic E-state index is 6.15. The summed E-state index contributed by atoms with van der Waals surface area (Å²) in [6.45, 7) is 5.11. The van der Waals surface area contributed by atoms with Crippen LogP contribution in [0.1, 0.15) is 30.4 Å². The van der Waals surface area contributed by atoms with E-state index in [1.165, 1.54) is 5.56 Å². The molecule has 0 saturated heterocycles. The third kappa shape index (κ3) is 1.85. The van der Waals surface area contributed by atoms with Gasteiger partial charge in [0.25, 0.3) is 0 Å². The second kappa shape index (κ2) is 4.52. The summed E-state index contributed by atoms with van der Waals surface area (Å²) in [5.74, 6) is 1.84. The van der Waals surface area contributed by atoms with E-state index >= 15 is 0 Å². The maximum absolute atomic E-state index is 6.15. The first-order chi connectivity index (χ1) is 7.65. The van der Waals surface area contributed by atoms with E-state index in [0.717, 1.165) is 17.7 Å². The number of fused-ring (bicyclic) bond motifs is 1. The lowest BCUT2D eigenvalue weighted by Gasteiger charge is -2.16. The first kappa shape index (κ1) is 11.6. The molecule has 1 aliphatic rings. The van der Waals surface area contributed by atoms with Gasteiger partial charge in [-0.25, -0.2) is 0 Å². The Balaban J connectivity index is 2.44. The Morgan fingerprint density at radius 2 is 2.12 bits per heavy atom. The van der Waals surface area contributed by atoms with Crippen LogP contribution in [-0.4, -0.2) is 13.3 Å². The molecule has 1 aromatic rings. The number of rotatable bonds is 3. The minimum atomic E-state index is 0.255. The van der Waals surface area contributed by atoms with E-state index in [1.807, 2.05) is 13.0 Å². The van der Waals surface area contributed by atoms with Gasteiger partial charge in [-0.3, -0.25) is 0 Å². The Hall–Kier alpha value is -0.930. The van der Waals surface area contributed by atoms with Gasteiger partial charge >= 0.3 is 0 Å². The van der Waals surface area contributed by atoms with Crippen LogP contribution in [0, 0.1) is 6.92 Å². The summed E-state index contributed by atoms with van der Waals surface area (Å²) >= 11 is 6.15. The summed E-state index contributed by atoms with van der Waals surface area (Å²) in [6.07, 6.45) is 0.941. The number of ether oxygens (including phenoxy) is 2. The van der Waals surface area contributed by atoms with Crippen LogP contribution in [0.3, 0.4) is 0 Å². The van der Waals surface area contributed by atoms with Gasteiger partial charge in [0.15, 0.2) is 11.5 Å². The van der Waals surface area contributed by atoms with Gasteiger partial charge in [0.05, 0.1) is 5.02 Å². The SMILES string of the molecule is Cc1c(C(C)CCN)cc(Cl)c2c1OCO2. The summed E-state index contributed by atoms with van der Waals surface area (Å²) in [5.41, 5.74) is 7.88. The van der Waals surface area contributed by atoms with Crippen molar-refractivity contribution < 1.29 is 9.47 Å². The van der Waals surface area contributed by atoms with Crippen LogP contribution in [0.5, 0.6) is 11.5 Å². The molecule has 0 aromatic heterocycles. The van der Waals surface area contributed by atoms with Crippen LogP contribution in [-0.2, 0) is 0 Å². The fourth-order valence-electron chi connectivity index (χ4n) is 2.09. The quantitative estimate of drug-likeness (QED) is 0.885. The summed E-state index contributed by atoms with van der Waals surface area (Å²) in [6, 6.07) is 1.96. The van der Waals surface area contributed by atoms with Gasteiger partial charge in [-0.1, -0.05) is 18.5 Å². The van der Waals surface area contributed by atoms with Crippen molar-refractivity contribution in [3.63, 3.8) is 0 Å². The molecule has 1 unspecified atom stereocenters. The molecule has 0 spiro atoms. The smallest absolute Gasteiger partial charge is 0.231 e. The van der Waals surface area contributed by atoms with E-state index < -0.39 is 0 Å². The molecule has 2 N–H and O–H groups in total. The van der Waals surface area contributed by atoms with E-state index in [2.05, 4.69) is 6.92 Å². The number of benzene rings is 1. The second-order valence-electron chi connectivity index (χ2n) is 4.12. The molecule has 1 aliphatic heterocycles. The Kier molecular flexibility index (Phi) is 3.26. The summed E-state index contributed by atoms with van der Waals surface area (Å²) in [5, 5.41) is 0.622. The maximum Gasteiger partial charge on any atom is 0.231 e. The summed E-state index contributed by atoms with van der Waals surface area (Å²) in [4.78, 5) is 0. The Morgan fingerprint density at radius 3 is 2.81 bits per heavy atom. The van der Waals surface area contributed by atoms with E-state index in [1.54, 1.807) is 0 Å². The first-order valence-corrected chi connectivity index (χ1v) is 5.81. The molecule has 1 aromatic carbocycles. The molecule has 88 valence electrons. The van der Waals surface area contributed by atoms with Gasteiger partial charge in [-0.2, -0.15) is 0 Å². The predicted octanol–water partition coefficient (Wildman–Crippen LogP) is 2.83. The van der Waals surface area contributed by atoms with Gasteiger partial charge in [-0.05, 0) is 43.0 Å². The van der Waals surface area contributed by atoms with Crippen molar-refractivity contribution in [2.45, 2.75) is 26.2 Å². The van der Waals surface area contributed by atoms with Gasteiger partial charge in [0, 0.05) is 0 Å². The van der Waals surface area contributed by atoms with Crippen molar-refractivity contribution >= 4 is 11.6 Å². The zero-order valence-corrected chi connectivity index (χ0v) is 10.3. The van der Waals surface area contributed by atoms with Gasteiger partial charge < -0.3 is 15.2 Å². The first-order valence-electron chi connectivity index (χ1n) is 5.43. The highest BCUT2D eigenvalue weighted by Crippen LogP contribution is 2.44. The van der Waals surface area contributed by atoms with E-state index in [-0.39, 0.29) is 6.79 Å². The molecule has 16 heavy (non-hydrogen) atoms. The molecule has 1 atom stereocenters. The fraction of sp³-hybridized carbons (Fsp3) is 0.500. The summed E-state index contributed by atoms with van der Waals surface area (Å²) in [7, 11) is 0. The molecule has 2 rings (SSSR count). The standard InChI is InChI=1S/C12H16ClNO2/c1-7(3-4-14)9-5-10(13)12-11(8(9)2)15-6-16-12/h5,7H,3-4,6,14H2,1-2H3. The van der Waals surface area contributed by atoms with Gasteiger partial charge in [0.2, 0.25) is 6.79 Å². The van der Waals surface area contributed by atoms with Crippen LogP contribution in [0.4, 0.5) is 0 Å². The van der Waals surface area contributed by atoms with Crippen LogP contribution < -0.4 is 15.2 Å². The average molecular weight is 242 g/mol. The van der Waals surface area contributed by atoms with E-state index in [9.17, 15) is 0 Å². The van der Waals surface area contributed by atoms with Crippen LogP contribution in [0.2, 0.25) is 5.02 Å². The van der Waals surface area contributed by atoms with Crippen molar-refractivity contribution in [1.29, 1.82) is 0 Å². The normalized spacial score (nSPS) is 15.2. The fourth-order valence-corrected chi connectivity index (χ4v) is 2.35. The van der Waals surface area contributed by atoms with Crippen LogP contribution in [0.15, 0.2) is 6.07 Å². The number of nitrogens with two attached hydrogens (primary N) is 1. The molecule has 0 aliphatic carbocycles. The lowest BCUT2D eigenvalue weighted by atomic mass is 9.93. The topological polar surface area (TPSA) is 44.5 Å². The van der Waals surface area contributed by atoms with Gasteiger partial charge in [-0.15, -0.1) is 0 Å². The summed E-state index contributed by atoms with van der Waals surface area (Å²) < 4.78 is 10.8. The molecule has 4 heteroatoms. The molecule has 0 fully saturated rings. The molecule has 3 nitrogen and oxygen atoms in total. The molecular formula is C12H16ClNO2. The zero-order valence-electron chi connectivity index (χ0n) is 9.55. The van der Waals surface area contributed by atoms with E-state index in [0.29, 0.717) is 23.2 Å². The molecule has 0 saturated carbocycles. The largest absolute Gasteiger partial charge is 0.453 e. The predicted molar refractivity (Wildman–Crippen MR) is 64.4 cm³/mol. The highest BCUT2D eigenvalue weighted by atomic mass is 35.5. The van der Waals surface area contributed by atoms with Crippen molar-refractivity contribution in [3.05, 3.63) is 22.2 Å². The molecule has 1 heterocycles. The molecular weight excluding hydrogens is 226 g/mol. The monoisotopic (exact) mass is 241 g/mol. The molecule has 0 bridgehead atoms. The van der Waals surface area contributed by atoms with Crippen molar-refractivity contribution in [1.82, 2.24) is 0 Å². The number of hydrogen-bond donors (Lipinski definition) is 1.